The second-order valence-corrected chi connectivity index (χ2v) is 2.92. The summed E-state index contributed by atoms with van der Waals surface area (Å²) in [5.41, 5.74) is 0. The number of phenols is 1. The van der Waals surface area contributed by atoms with Crippen LogP contribution in [0.2, 0.25) is 0 Å². The molecule has 0 saturated heterocycles. The van der Waals surface area contributed by atoms with E-state index in [1.807, 2.05) is 36.1 Å². The number of aryl methyl sites for hydroxylation is 1. The lowest BCUT2D eigenvalue weighted by Crippen LogP contribution is -2.25. The molecule has 2 aromatic rings. The van der Waals surface area contributed by atoms with E-state index in [1.54, 1.807) is 12.1 Å². The molecule has 1 N–H and O–H groups in total. The maximum Gasteiger partial charge on any atom is 0.176 e. The molecule has 1 heterocycles. The third-order valence-electron chi connectivity index (χ3n) is 1.90. The lowest BCUT2D eigenvalue weighted by molar-refractivity contribution is -0.670. The fourth-order valence-corrected chi connectivity index (χ4v) is 1.29. The molecule has 0 radical (unpaired) electrons. The van der Waals surface area contributed by atoms with Crippen LogP contribution in [-0.2, 0) is 7.05 Å². The van der Waals surface area contributed by atoms with Gasteiger partial charge in [0, 0.05) is 11.5 Å². The fraction of sp³-hybridized carbons (Fsp3) is 0.100. The van der Waals surface area contributed by atoms with Crippen LogP contribution in [0.15, 0.2) is 36.7 Å². The number of fused-ring (bicyclic) bond motifs is 1. The Kier molecular flexibility index (Phi) is 1.47. The number of benzene rings is 1. The molecular weight excluding hydrogens is 150 g/mol. The van der Waals surface area contributed by atoms with Crippen molar-refractivity contribution >= 4 is 10.8 Å². The molecular formula is C10H10NO+. The molecule has 0 aliphatic carbocycles. The highest BCUT2D eigenvalue weighted by molar-refractivity contribution is 5.81. The van der Waals surface area contributed by atoms with Gasteiger partial charge in [-0.25, -0.2) is 4.57 Å². The molecule has 0 saturated carbocycles. The first-order valence-corrected chi connectivity index (χ1v) is 3.84. The van der Waals surface area contributed by atoms with E-state index in [0.29, 0.717) is 5.75 Å². The topological polar surface area (TPSA) is 24.1 Å². The maximum absolute atomic E-state index is 9.21. The summed E-state index contributed by atoms with van der Waals surface area (Å²) in [6, 6.07) is 7.39. The smallest absolute Gasteiger partial charge is 0.176 e. The highest BCUT2D eigenvalue weighted by Crippen LogP contribution is 2.17. The van der Waals surface area contributed by atoms with Crippen LogP contribution < -0.4 is 4.57 Å². The number of phenolic OH excluding ortho intramolecular Hbond substituents is 1. The van der Waals surface area contributed by atoms with E-state index in [1.165, 1.54) is 0 Å². The van der Waals surface area contributed by atoms with E-state index < -0.39 is 0 Å². The Morgan fingerprint density at radius 1 is 1.17 bits per heavy atom. The van der Waals surface area contributed by atoms with Crippen LogP contribution in [0.3, 0.4) is 0 Å². The number of aromatic nitrogens is 1. The number of nitrogens with zero attached hydrogens (tertiary/aromatic N) is 1. The summed E-state index contributed by atoms with van der Waals surface area (Å²) in [5, 5.41) is 11.4. The average molecular weight is 160 g/mol. The van der Waals surface area contributed by atoms with Crippen molar-refractivity contribution in [1.29, 1.82) is 0 Å². The Hall–Kier alpha value is -1.57. The molecule has 2 nitrogen and oxygen atoms in total. The molecule has 0 spiro atoms. The summed E-state index contributed by atoms with van der Waals surface area (Å²) in [7, 11) is 1.96. The maximum atomic E-state index is 9.21. The first-order valence-electron chi connectivity index (χ1n) is 3.84. The Bertz CT molecular complexity index is 386. The molecule has 0 fully saturated rings. The number of rotatable bonds is 0. The van der Waals surface area contributed by atoms with Crippen molar-refractivity contribution in [2.75, 3.05) is 0 Å². The first-order chi connectivity index (χ1) is 5.75. The zero-order valence-corrected chi connectivity index (χ0v) is 6.86. The largest absolute Gasteiger partial charge is 0.508 e. The van der Waals surface area contributed by atoms with Crippen molar-refractivity contribution in [2.24, 2.45) is 7.05 Å². The average Bonchev–Trinajstić information content (AvgIpc) is 2.03. The summed E-state index contributed by atoms with van der Waals surface area (Å²) >= 11 is 0. The van der Waals surface area contributed by atoms with Crippen LogP contribution in [0, 0.1) is 0 Å². The first kappa shape index (κ1) is 7.10. The van der Waals surface area contributed by atoms with Crippen molar-refractivity contribution < 1.29 is 9.67 Å². The predicted octanol–water partition coefficient (Wildman–Crippen LogP) is 1.37. The molecule has 2 heteroatoms. The minimum atomic E-state index is 0.314. The zero-order chi connectivity index (χ0) is 8.55. The van der Waals surface area contributed by atoms with Crippen molar-refractivity contribution in [3.8, 4) is 5.75 Å². The molecule has 0 amide bonds. The Morgan fingerprint density at radius 3 is 2.83 bits per heavy atom. The zero-order valence-electron chi connectivity index (χ0n) is 6.86. The quantitative estimate of drug-likeness (QED) is 0.578. The summed E-state index contributed by atoms with van der Waals surface area (Å²) in [6.07, 6.45) is 3.97. The van der Waals surface area contributed by atoms with Gasteiger partial charge >= 0.3 is 0 Å². The van der Waals surface area contributed by atoms with Gasteiger partial charge in [-0.3, -0.25) is 0 Å². The van der Waals surface area contributed by atoms with Gasteiger partial charge < -0.3 is 5.11 Å². The van der Waals surface area contributed by atoms with Crippen LogP contribution in [0.1, 0.15) is 0 Å². The van der Waals surface area contributed by atoms with Crippen LogP contribution in [0.25, 0.3) is 10.8 Å². The van der Waals surface area contributed by atoms with E-state index in [2.05, 4.69) is 0 Å². The van der Waals surface area contributed by atoms with E-state index >= 15 is 0 Å². The summed E-state index contributed by atoms with van der Waals surface area (Å²) in [6.45, 7) is 0. The minimum absolute atomic E-state index is 0.314. The Morgan fingerprint density at radius 2 is 2.00 bits per heavy atom. The van der Waals surface area contributed by atoms with Crippen LogP contribution in [0.5, 0.6) is 5.75 Å². The van der Waals surface area contributed by atoms with Gasteiger partial charge in [0.1, 0.15) is 12.8 Å². The van der Waals surface area contributed by atoms with Gasteiger partial charge in [-0.1, -0.05) is 6.07 Å². The highest BCUT2D eigenvalue weighted by atomic mass is 16.3. The second-order valence-electron chi connectivity index (χ2n) is 2.92. The van der Waals surface area contributed by atoms with Crippen molar-refractivity contribution in [3.63, 3.8) is 0 Å². The van der Waals surface area contributed by atoms with Gasteiger partial charge in [0.25, 0.3) is 0 Å². The molecule has 0 bridgehead atoms. The van der Waals surface area contributed by atoms with E-state index in [9.17, 15) is 5.11 Å². The third-order valence-corrected chi connectivity index (χ3v) is 1.90. The molecule has 0 aliphatic heterocycles. The van der Waals surface area contributed by atoms with Gasteiger partial charge in [-0.15, -0.1) is 0 Å². The lowest BCUT2D eigenvalue weighted by Gasteiger charge is -1.95. The van der Waals surface area contributed by atoms with Crippen LogP contribution in [0.4, 0.5) is 0 Å². The number of hydrogen-bond donors (Lipinski definition) is 1. The van der Waals surface area contributed by atoms with Gasteiger partial charge in [-0.05, 0) is 17.5 Å². The molecule has 60 valence electrons. The monoisotopic (exact) mass is 160 g/mol. The predicted molar refractivity (Wildman–Crippen MR) is 46.8 cm³/mol. The van der Waals surface area contributed by atoms with Gasteiger partial charge in [-0.2, -0.15) is 0 Å². The van der Waals surface area contributed by atoms with Gasteiger partial charge in [0.15, 0.2) is 12.4 Å². The van der Waals surface area contributed by atoms with E-state index in [-0.39, 0.29) is 0 Å². The lowest BCUT2D eigenvalue weighted by atomic mass is 10.2. The Labute approximate surface area is 70.7 Å². The van der Waals surface area contributed by atoms with Crippen molar-refractivity contribution in [3.05, 3.63) is 36.7 Å². The number of aromatic hydroxyl groups is 1. The molecule has 0 atom stereocenters. The second kappa shape index (κ2) is 2.48. The molecule has 0 unspecified atom stereocenters. The Balaban J connectivity index is 2.80. The SMILES string of the molecule is C[n+]1ccc2ccc(O)cc2c1. The van der Waals surface area contributed by atoms with Crippen LogP contribution in [-0.4, -0.2) is 5.11 Å². The standard InChI is InChI=1S/C10H9NO/c1-11-5-4-8-2-3-10(12)6-9(8)7-11/h2-7H,1H3/p+1. The summed E-state index contributed by atoms with van der Waals surface area (Å²) < 4.78 is 1.96. The van der Waals surface area contributed by atoms with Crippen molar-refractivity contribution in [2.45, 2.75) is 0 Å². The summed E-state index contributed by atoms with van der Waals surface area (Å²) in [4.78, 5) is 0. The normalized spacial score (nSPS) is 10.4. The van der Waals surface area contributed by atoms with Gasteiger partial charge in [0.2, 0.25) is 0 Å². The van der Waals surface area contributed by atoms with Crippen molar-refractivity contribution in [1.82, 2.24) is 0 Å². The molecule has 2 rings (SSSR count). The fourth-order valence-electron chi connectivity index (χ4n) is 1.29. The molecule has 1 aromatic carbocycles. The minimum Gasteiger partial charge on any atom is -0.508 e. The van der Waals surface area contributed by atoms with Gasteiger partial charge in [0.05, 0.1) is 0 Å². The number of pyridine rings is 1. The van der Waals surface area contributed by atoms with E-state index in [0.717, 1.165) is 10.8 Å². The third kappa shape index (κ3) is 1.11. The molecule has 0 aliphatic rings. The molecule has 12 heavy (non-hydrogen) atoms. The van der Waals surface area contributed by atoms with Crippen LogP contribution >= 0.6 is 0 Å². The van der Waals surface area contributed by atoms with E-state index in [4.69, 9.17) is 0 Å². The highest BCUT2D eigenvalue weighted by Gasteiger charge is 1.98. The number of hydrogen-bond acceptors (Lipinski definition) is 1. The molecule has 1 aromatic heterocycles. The summed E-state index contributed by atoms with van der Waals surface area (Å²) in [5.74, 6) is 0.314.